The van der Waals surface area contributed by atoms with Crippen molar-refractivity contribution in [3.05, 3.63) is 23.8 Å². The number of nitrogens with zero attached hydrogens (tertiary/aromatic N) is 2. The third-order valence-corrected chi connectivity index (χ3v) is 4.30. The molecule has 1 aliphatic rings. The number of imidazole rings is 1. The summed E-state index contributed by atoms with van der Waals surface area (Å²) < 4.78 is 1.96. The van der Waals surface area contributed by atoms with Crippen LogP contribution in [0.5, 0.6) is 0 Å². The Bertz CT molecular complexity index is 684. The van der Waals surface area contributed by atoms with E-state index in [4.69, 9.17) is 0 Å². The Balaban J connectivity index is 1.94. The van der Waals surface area contributed by atoms with Crippen molar-refractivity contribution in [2.75, 3.05) is 5.32 Å². The van der Waals surface area contributed by atoms with E-state index in [9.17, 15) is 9.90 Å². The van der Waals surface area contributed by atoms with Crippen molar-refractivity contribution in [2.24, 2.45) is 0 Å². The summed E-state index contributed by atoms with van der Waals surface area (Å²) in [5.41, 5.74) is 1.77. The molecule has 1 aromatic carbocycles. The van der Waals surface area contributed by atoms with Crippen LogP contribution < -0.4 is 5.32 Å². The number of amides is 1. The van der Waals surface area contributed by atoms with Gasteiger partial charge in [0.25, 0.3) is 5.91 Å². The van der Waals surface area contributed by atoms with E-state index in [1.165, 1.54) is 0 Å². The third kappa shape index (κ3) is 2.42. The topological polar surface area (TPSA) is 67.2 Å². The zero-order valence-corrected chi connectivity index (χ0v) is 12.5. The van der Waals surface area contributed by atoms with Gasteiger partial charge in [0.1, 0.15) is 5.60 Å². The molecule has 21 heavy (non-hydrogen) atoms. The van der Waals surface area contributed by atoms with E-state index in [0.717, 1.165) is 29.4 Å². The Morgan fingerprint density at radius 1 is 1.43 bits per heavy atom. The summed E-state index contributed by atoms with van der Waals surface area (Å²) in [5, 5.41) is 13.2. The SMILES string of the molecule is CCn1c(NC(=O)C2(O)CCCC2)nc2cc(C)ccc21. The first-order chi connectivity index (χ1) is 10.0. The second kappa shape index (κ2) is 5.15. The lowest BCUT2D eigenvalue weighted by Crippen LogP contribution is -2.40. The number of rotatable bonds is 3. The maximum absolute atomic E-state index is 12.3. The Morgan fingerprint density at radius 3 is 2.81 bits per heavy atom. The molecule has 3 rings (SSSR count). The van der Waals surface area contributed by atoms with E-state index in [-0.39, 0.29) is 5.91 Å². The molecule has 0 atom stereocenters. The summed E-state index contributed by atoms with van der Waals surface area (Å²) in [5.74, 6) is 0.185. The van der Waals surface area contributed by atoms with Gasteiger partial charge in [-0.15, -0.1) is 0 Å². The molecule has 0 aliphatic heterocycles. The number of hydrogen-bond acceptors (Lipinski definition) is 3. The Labute approximate surface area is 124 Å². The summed E-state index contributed by atoms with van der Waals surface area (Å²) in [6.45, 7) is 4.75. The molecule has 0 radical (unpaired) electrons. The molecule has 0 spiro atoms. The molecule has 1 saturated carbocycles. The normalized spacial score (nSPS) is 17.3. The largest absolute Gasteiger partial charge is 0.380 e. The van der Waals surface area contributed by atoms with Crippen molar-refractivity contribution in [1.82, 2.24) is 9.55 Å². The molecule has 0 unspecified atom stereocenters. The number of fused-ring (bicyclic) bond motifs is 1. The van der Waals surface area contributed by atoms with Gasteiger partial charge in [-0.1, -0.05) is 6.07 Å². The van der Waals surface area contributed by atoms with Crippen LogP contribution >= 0.6 is 0 Å². The van der Waals surface area contributed by atoms with E-state index < -0.39 is 5.60 Å². The van der Waals surface area contributed by atoms with E-state index in [2.05, 4.69) is 10.3 Å². The van der Waals surface area contributed by atoms with Crippen LogP contribution in [0.25, 0.3) is 11.0 Å². The van der Waals surface area contributed by atoms with Crippen LogP contribution in [0.2, 0.25) is 0 Å². The Kier molecular flexibility index (Phi) is 3.45. The predicted octanol–water partition coefficient (Wildman–Crippen LogP) is 2.61. The van der Waals surface area contributed by atoms with Crippen molar-refractivity contribution >= 4 is 22.9 Å². The lowest BCUT2D eigenvalue weighted by Gasteiger charge is -2.20. The first kappa shape index (κ1) is 14.1. The second-order valence-corrected chi connectivity index (χ2v) is 5.86. The number of carbonyl (C=O) groups excluding carboxylic acids is 1. The number of hydrogen-bond donors (Lipinski definition) is 2. The van der Waals surface area contributed by atoms with Gasteiger partial charge in [0.05, 0.1) is 11.0 Å². The smallest absolute Gasteiger partial charge is 0.258 e. The number of aromatic nitrogens is 2. The summed E-state index contributed by atoms with van der Waals surface area (Å²) in [7, 11) is 0. The van der Waals surface area contributed by atoms with Gasteiger partial charge in [-0.05, 0) is 57.2 Å². The number of aryl methyl sites for hydroxylation is 2. The average molecular weight is 287 g/mol. The summed E-state index contributed by atoms with van der Waals surface area (Å²) in [4.78, 5) is 16.8. The first-order valence-electron chi connectivity index (χ1n) is 7.54. The molecule has 1 aliphatic carbocycles. The molecule has 1 aromatic heterocycles. The van der Waals surface area contributed by atoms with Gasteiger partial charge in [-0.25, -0.2) is 4.98 Å². The van der Waals surface area contributed by atoms with E-state index in [1.807, 2.05) is 36.6 Å². The van der Waals surface area contributed by atoms with E-state index in [0.29, 0.717) is 25.3 Å². The monoisotopic (exact) mass is 287 g/mol. The van der Waals surface area contributed by atoms with Crippen molar-refractivity contribution in [2.45, 2.75) is 51.7 Å². The average Bonchev–Trinajstić information content (AvgIpc) is 3.02. The fourth-order valence-corrected chi connectivity index (χ4v) is 3.06. The molecule has 0 bridgehead atoms. The molecular weight excluding hydrogens is 266 g/mol. The van der Waals surface area contributed by atoms with Crippen LogP contribution in [-0.2, 0) is 11.3 Å². The van der Waals surface area contributed by atoms with E-state index >= 15 is 0 Å². The van der Waals surface area contributed by atoms with Crippen LogP contribution in [0.4, 0.5) is 5.95 Å². The first-order valence-corrected chi connectivity index (χ1v) is 7.54. The van der Waals surface area contributed by atoms with Crippen molar-refractivity contribution in [1.29, 1.82) is 0 Å². The van der Waals surface area contributed by atoms with Crippen LogP contribution in [-0.4, -0.2) is 26.2 Å². The Hall–Kier alpha value is -1.88. The maximum Gasteiger partial charge on any atom is 0.258 e. The molecule has 112 valence electrons. The molecule has 0 saturated heterocycles. The number of anilines is 1. The minimum absolute atomic E-state index is 0.332. The fourth-order valence-electron chi connectivity index (χ4n) is 3.06. The minimum Gasteiger partial charge on any atom is -0.380 e. The molecule has 1 amide bonds. The zero-order valence-electron chi connectivity index (χ0n) is 12.5. The highest BCUT2D eigenvalue weighted by Crippen LogP contribution is 2.31. The lowest BCUT2D eigenvalue weighted by molar-refractivity contribution is -0.133. The lowest BCUT2D eigenvalue weighted by atomic mass is 10.0. The van der Waals surface area contributed by atoms with Gasteiger partial charge >= 0.3 is 0 Å². The summed E-state index contributed by atoms with van der Waals surface area (Å²) in [6, 6.07) is 6.05. The molecular formula is C16H21N3O2. The quantitative estimate of drug-likeness (QED) is 0.912. The van der Waals surface area contributed by atoms with Gasteiger partial charge in [0.15, 0.2) is 0 Å². The second-order valence-electron chi connectivity index (χ2n) is 5.86. The van der Waals surface area contributed by atoms with Gasteiger partial charge in [-0.3, -0.25) is 10.1 Å². The van der Waals surface area contributed by atoms with Gasteiger partial charge < -0.3 is 9.67 Å². The standard InChI is InChI=1S/C16H21N3O2/c1-3-19-13-7-6-11(2)10-12(13)17-15(19)18-14(20)16(21)8-4-5-9-16/h6-7,10,21H,3-5,8-9H2,1-2H3,(H,17,18,20). The van der Waals surface area contributed by atoms with Crippen molar-refractivity contribution in [3.63, 3.8) is 0 Å². The molecule has 5 heteroatoms. The van der Waals surface area contributed by atoms with Crippen LogP contribution in [0.3, 0.4) is 0 Å². The van der Waals surface area contributed by atoms with Crippen LogP contribution in [0.1, 0.15) is 38.2 Å². The molecule has 2 aromatic rings. The highest BCUT2D eigenvalue weighted by atomic mass is 16.3. The van der Waals surface area contributed by atoms with Gasteiger partial charge in [0, 0.05) is 6.54 Å². The molecule has 1 heterocycles. The maximum atomic E-state index is 12.3. The Morgan fingerprint density at radius 2 is 2.14 bits per heavy atom. The van der Waals surface area contributed by atoms with Crippen molar-refractivity contribution < 1.29 is 9.90 Å². The molecule has 2 N–H and O–H groups in total. The van der Waals surface area contributed by atoms with Crippen LogP contribution in [0.15, 0.2) is 18.2 Å². The highest BCUT2D eigenvalue weighted by molar-refractivity contribution is 5.97. The summed E-state index contributed by atoms with van der Waals surface area (Å²) >= 11 is 0. The fraction of sp³-hybridized carbons (Fsp3) is 0.500. The number of aliphatic hydroxyl groups is 1. The summed E-state index contributed by atoms with van der Waals surface area (Å²) in [6.07, 6.45) is 2.86. The number of benzene rings is 1. The van der Waals surface area contributed by atoms with E-state index in [1.54, 1.807) is 0 Å². The van der Waals surface area contributed by atoms with Crippen LogP contribution in [0, 0.1) is 6.92 Å². The predicted molar refractivity (Wildman–Crippen MR) is 82.2 cm³/mol. The number of carbonyl (C=O) groups is 1. The minimum atomic E-state index is -1.23. The third-order valence-electron chi connectivity index (χ3n) is 4.30. The highest BCUT2D eigenvalue weighted by Gasteiger charge is 2.39. The molecule has 5 nitrogen and oxygen atoms in total. The van der Waals surface area contributed by atoms with Gasteiger partial charge in [0.2, 0.25) is 5.95 Å². The number of nitrogens with one attached hydrogen (secondary N) is 1. The zero-order chi connectivity index (χ0) is 15.0. The van der Waals surface area contributed by atoms with Gasteiger partial charge in [-0.2, -0.15) is 0 Å². The molecule has 1 fully saturated rings. The van der Waals surface area contributed by atoms with Crippen molar-refractivity contribution in [3.8, 4) is 0 Å².